The zero-order valence-corrected chi connectivity index (χ0v) is 9.21. The summed E-state index contributed by atoms with van der Waals surface area (Å²) < 4.78 is 5.39. The molecule has 0 N–H and O–H groups in total. The van der Waals surface area contributed by atoms with E-state index in [-0.39, 0.29) is 0 Å². The van der Waals surface area contributed by atoms with Crippen LogP contribution < -0.4 is 4.74 Å². The van der Waals surface area contributed by atoms with Crippen molar-refractivity contribution in [1.29, 1.82) is 0 Å². The van der Waals surface area contributed by atoms with E-state index in [1.165, 1.54) is 24.0 Å². The van der Waals surface area contributed by atoms with Crippen LogP contribution in [0.2, 0.25) is 0 Å². The highest BCUT2D eigenvalue weighted by Crippen LogP contribution is 2.41. The molecule has 0 fully saturated rings. The van der Waals surface area contributed by atoms with E-state index in [1.54, 1.807) is 7.11 Å². The highest BCUT2D eigenvalue weighted by atomic mass is 16.5. The van der Waals surface area contributed by atoms with Crippen LogP contribution in [0.25, 0.3) is 0 Å². The predicted octanol–water partition coefficient (Wildman–Crippen LogP) is 3.38. The normalized spacial score (nSPS) is 19.9. The van der Waals surface area contributed by atoms with Gasteiger partial charge in [0.1, 0.15) is 5.75 Å². The first kappa shape index (κ1) is 9.57. The molecule has 0 heterocycles. The Bertz CT molecular complexity index is 328. The number of benzene rings is 1. The van der Waals surface area contributed by atoms with Crippen LogP contribution in [-0.4, -0.2) is 7.11 Å². The fourth-order valence-electron chi connectivity index (χ4n) is 2.54. The monoisotopic (exact) mass is 190 g/mol. The second-order valence-corrected chi connectivity index (χ2v) is 4.42. The zero-order valence-electron chi connectivity index (χ0n) is 9.21. The second kappa shape index (κ2) is 3.64. The second-order valence-electron chi connectivity index (χ2n) is 4.42. The summed E-state index contributed by atoms with van der Waals surface area (Å²) in [7, 11) is 1.76. The summed E-state index contributed by atoms with van der Waals surface area (Å²) in [5.41, 5.74) is 2.95. The first-order chi connectivity index (χ1) is 6.74. The first-order valence-corrected chi connectivity index (χ1v) is 5.39. The molecule has 0 aliphatic heterocycles. The van der Waals surface area contributed by atoms with Gasteiger partial charge in [0.25, 0.3) is 0 Å². The molecule has 76 valence electrons. The van der Waals surface area contributed by atoms with Gasteiger partial charge in [-0.2, -0.15) is 0 Å². The molecule has 0 spiro atoms. The van der Waals surface area contributed by atoms with Gasteiger partial charge in [0.05, 0.1) is 7.11 Å². The molecule has 0 saturated carbocycles. The SMILES string of the molecule is COc1cccc2c1CCC2C(C)C. The average molecular weight is 190 g/mol. The van der Waals surface area contributed by atoms with E-state index < -0.39 is 0 Å². The van der Waals surface area contributed by atoms with Crippen LogP contribution in [0.1, 0.15) is 37.3 Å². The number of rotatable bonds is 2. The van der Waals surface area contributed by atoms with Crippen molar-refractivity contribution in [3.63, 3.8) is 0 Å². The van der Waals surface area contributed by atoms with E-state index in [9.17, 15) is 0 Å². The van der Waals surface area contributed by atoms with Gasteiger partial charge in [-0.15, -0.1) is 0 Å². The maximum atomic E-state index is 5.39. The Labute approximate surface area is 86.1 Å². The van der Waals surface area contributed by atoms with Gasteiger partial charge >= 0.3 is 0 Å². The van der Waals surface area contributed by atoms with Crippen molar-refractivity contribution < 1.29 is 4.74 Å². The largest absolute Gasteiger partial charge is 0.496 e. The van der Waals surface area contributed by atoms with Crippen molar-refractivity contribution in [2.75, 3.05) is 7.11 Å². The van der Waals surface area contributed by atoms with E-state index in [0.717, 1.165) is 17.6 Å². The average Bonchev–Trinajstić information content (AvgIpc) is 2.60. The minimum Gasteiger partial charge on any atom is -0.496 e. The van der Waals surface area contributed by atoms with Crippen molar-refractivity contribution in [3.8, 4) is 5.75 Å². The molecule has 0 amide bonds. The Morgan fingerprint density at radius 2 is 2.14 bits per heavy atom. The molecular weight excluding hydrogens is 172 g/mol. The Morgan fingerprint density at radius 3 is 2.79 bits per heavy atom. The lowest BCUT2D eigenvalue weighted by molar-refractivity contribution is 0.410. The van der Waals surface area contributed by atoms with Gasteiger partial charge in [-0.25, -0.2) is 0 Å². The van der Waals surface area contributed by atoms with Crippen LogP contribution in [0, 0.1) is 5.92 Å². The lowest BCUT2D eigenvalue weighted by Crippen LogP contribution is -2.02. The van der Waals surface area contributed by atoms with Crippen molar-refractivity contribution in [2.45, 2.75) is 32.6 Å². The summed E-state index contributed by atoms with van der Waals surface area (Å²) in [6, 6.07) is 6.44. The Morgan fingerprint density at radius 1 is 1.36 bits per heavy atom. The minimum absolute atomic E-state index is 0.736. The van der Waals surface area contributed by atoms with E-state index >= 15 is 0 Å². The van der Waals surface area contributed by atoms with Crippen molar-refractivity contribution >= 4 is 0 Å². The number of methoxy groups -OCH3 is 1. The van der Waals surface area contributed by atoms with Crippen LogP contribution in [0.4, 0.5) is 0 Å². The van der Waals surface area contributed by atoms with Crippen LogP contribution in [0.5, 0.6) is 5.75 Å². The van der Waals surface area contributed by atoms with Gasteiger partial charge in [0.15, 0.2) is 0 Å². The third kappa shape index (κ3) is 1.41. The van der Waals surface area contributed by atoms with Gasteiger partial charge < -0.3 is 4.74 Å². The topological polar surface area (TPSA) is 9.23 Å². The van der Waals surface area contributed by atoms with Crippen LogP contribution in [0.15, 0.2) is 18.2 Å². The molecule has 1 aliphatic rings. The summed E-state index contributed by atoms with van der Waals surface area (Å²) >= 11 is 0. The number of hydrogen-bond acceptors (Lipinski definition) is 1. The van der Waals surface area contributed by atoms with Gasteiger partial charge in [-0.3, -0.25) is 0 Å². The van der Waals surface area contributed by atoms with Crippen molar-refractivity contribution in [1.82, 2.24) is 0 Å². The molecule has 1 aliphatic carbocycles. The third-order valence-electron chi connectivity index (χ3n) is 3.30. The van der Waals surface area contributed by atoms with Crippen molar-refractivity contribution in [2.24, 2.45) is 5.92 Å². The van der Waals surface area contributed by atoms with Crippen LogP contribution in [0.3, 0.4) is 0 Å². The highest BCUT2D eigenvalue weighted by Gasteiger charge is 2.26. The zero-order chi connectivity index (χ0) is 10.1. The van der Waals surface area contributed by atoms with E-state index in [4.69, 9.17) is 4.74 Å². The maximum Gasteiger partial charge on any atom is 0.122 e. The van der Waals surface area contributed by atoms with E-state index in [0.29, 0.717) is 0 Å². The summed E-state index contributed by atoms with van der Waals surface area (Å²) in [6.45, 7) is 4.61. The number of fused-ring (bicyclic) bond motifs is 1. The molecule has 14 heavy (non-hydrogen) atoms. The molecule has 1 atom stereocenters. The van der Waals surface area contributed by atoms with Crippen molar-refractivity contribution in [3.05, 3.63) is 29.3 Å². The van der Waals surface area contributed by atoms with E-state index in [2.05, 4.69) is 32.0 Å². The lowest BCUT2D eigenvalue weighted by atomic mass is 9.90. The molecule has 2 rings (SSSR count). The van der Waals surface area contributed by atoms with Crippen LogP contribution >= 0.6 is 0 Å². The van der Waals surface area contributed by atoms with Crippen LogP contribution in [-0.2, 0) is 6.42 Å². The molecule has 0 radical (unpaired) electrons. The van der Waals surface area contributed by atoms with Gasteiger partial charge in [-0.1, -0.05) is 26.0 Å². The first-order valence-electron chi connectivity index (χ1n) is 5.39. The standard InChI is InChI=1S/C13H18O/c1-9(2)10-7-8-12-11(10)5-4-6-13(12)14-3/h4-6,9-10H,7-8H2,1-3H3. The Kier molecular flexibility index (Phi) is 2.49. The number of hydrogen-bond donors (Lipinski definition) is 0. The van der Waals surface area contributed by atoms with Gasteiger partial charge in [0, 0.05) is 0 Å². The molecular formula is C13H18O. The Balaban J connectivity index is 2.41. The number of ether oxygens (including phenoxy) is 1. The van der Waals surface area contributed by atoms with E-state index in [1.807, 2.05) is 0 Å². The third-order valence-corrected chi connectivity index (χ3v) is 3.30. The molecule has 1 aromatic carbocycles. The van der Waals surface area contributed by atoms with Gasteiger partial charge in [-0.05, 0) is 41.9 Å². The summed E-state index contributed by atoms with van der Waals surface area (Å²) in [5.74, 6) is 2.55. The molecule has 1 unspecified atom stereocenters. The molecule has 1 heteroatoms. The fourth-order valence-corrected chi connectivity index (χ4v) is 2.54. The predicted molar refractivity (Wildman–Crippen MR) is 58.9 cm³/mol. The fraction of sp³-hybridized carbons (Fsp3) is 0.538. The quantitative estimate of drug-likeness (QED) is 0.694. The molecule has 1 nitrogen and oxygen atoms in total. The molecule has 0 bridgehead atoms. The maximum absolute atomic E-state index is 5.39. The highest BCUT2D eigenvalue weighted by molar-refractivity contribution is 5.45. The molecule has 0 aromatic heterocycles. The minimum atomic E-state index is 0.736. The smallest absolute Gasteiger partial charge is 0.122 e. The molecule has 0 saturated heterocycles. The summed E-state index contributed by atoms with van der Waals surface area (Å²) in [5, 5.41) is 0. The molecule has 1 aromatic rings. The Hall–Kier alpha value is -0.980. The summed E-state index contributed by atoms with van der Waals surface area (Å²) in [4.78, 5) is 0. The van der Waals surface area contributed by atoms with Gasteiger partial charge in [0.2, 0.25) is 0 Å². The lowest BCUT2D eigenvalue weighted by Gasteiger charge is -2.16. The summed E-state index contributed by atoms with van der Waals surface area (Å²) in [6.07, 6.45) is 2.47.